The van der Waals surface area contributed by atoms with E-state index in [1.807, 2.05) is 0 Å². The Morgan fingerprint density at radius 2 is 1.81 bits per heavy atom. The van der Waals surface area contributed by atoms with Gasteiger partial charge in [-0.05, 0) is 49.7 Å². The number of benzene rings is 2. The van der Waals surface area contributed by atoms with Gasteiger partial charge in [0.1, 0.15) is 5.82 Å². The average Bonchev–Trinajstić information content (AvgIpc) is 2.63. The standard InChI is InChI=1S/C19H22FNO4S/c1-4-21(14(3)15-9-11-17(20)12-10-15)26(23,24)18-8-6-7-16(13-18)19(22)25-5-2/h6-14H,4-5H2,1-3H3. The number of nitrogens with zero attached hydrogens (tertiary/aromatic N) is 1. The Balaban J connectivity index is 2.38. The van der Waals surface area contributed by atoms with Crippen LogP contribution in [-0.4, -0.2) is 31.8 Å². The Bertz CT molecular complexity index is 865. The van der Waals surface area contributed by atoms with Gasteiger partial charge in [0, 0.05) is 12.6 Å². The SMILES string of the molecule is CCOC(=O)c1cccc(S(=O)(=O)N(CC)C(C)c2ccc(F)cc2)c1. The molecule has 0 aliphatic rings. The molecule has 0 fully saturated rings. The first-order valence-corrected chi connectivity index (χ1v) is 9.79. The number of hydrogen-bond donors (Lipinski definition) is 0. The summed E-state index contributed by atoms with van der Waals surface area (Å²) < 4.78 is 45.5. The van der Waals surface area contributed by atoms with Gasteiger partial charge in [0.25, 0.3) is 0 Å². The molecule has 1 atom stereocenters. The van der Waals surface area contributed by atoms with Gasteiger partial charge in [0.05, 0.1) is 17.1 Å². The average molecular weight is 379 g/mol. The minimum Gasteiger partial charge on any atom is -0.462 e. The Morgan fingerprint density at radius 1 is 1.15 bits per heavy atom. The van der Waals surface area contributed by atoms with Crippen LogP contribution in [0, 0.1) is 5.82 Å². The molecule has 0 N–H and O–H groups in total. The second kappa shape index (κ2) is 8.42. The van der Waals surface area contributed by atoms with Gasteiger partial charge < -0.3 is 4.74 Å². The first-order valence-electron chi connectivity index (χ1n) is 8.35. The van der Waals surface area contributed by atoms with Crippen LogP contribution < -0.4 is 0 Å². The number of sulfonamides is 1. The van der Waals surface area contributed by atoms with Gasteiger partial charge in [0.2, 0.25) is 10.0 Å². The summed E-state index contributed by atoms with van der Waals surface area (Å²) in [4.78, 5) is 11.9. The number of carbonyl (C=O) groups excluding carboxylic acids is 1. The van der Waals surface area contributed by atoms with Crippen molar-refractivity contribution in [2.24, 2.45) is 0 Å². The van der Waals surface area contributed by atoms with Crippen molar-refractivity contribution in [1.82, 2.24) is 4.31 Å². The summed E-state index contributed by atoms with van der Waals surface area (Å²) >= 11 is 0. The minimum absolute atomic E-state index is 0.0128. The van der Waals surface area contributed by atoms with Crippen molar-refractivity contribution in [3.05, 3.63) is 65.5 Å². The molecule has 0 heterocycles. The topological polar surface area (TPSA) is 63.7 Å². The molecular formula is C19H22FNO4S. The van der Waals surface area contributed by atoms with Crippen LogP contribution in [0.1, 0.15) is 42.7 Å². The number of carbonyl (C=O) groups is 1. The van der Waals surface area contributed by atoms with Gasteiger partial charge in [0.15, 0.2) is 0 Å². The van der Waals surface area contributed by atoms with Crippen molar-refractivity contribution in [2.75, 3.05) is 13.2 Å². The summed E-state index contributed by atoms with van der Waals surface area (Å²) in [6, 6.07) is 11.0. The quantitative estimate of drug-likeness (QED) is 0.687. The number of rotatable bonds is 7. The Hall–Kier alpha value is -2.25. The molecule has 0 radical (unpaired) electrons. The minimum atomic E-state index is -3.85. The van der Waals surface area contributed by atoms with Crippen molar-refractivity contribution in [3.8, 4) is 0 Å². The van der Waals surface area contributed by atoms with Gasteiger partial charge in [-0.1, -0.05) is 25.1 Å². The van der Waals surface area contributed by atoms with E-state index in [2.05, 4.69) is 0 Å². The van der Waals surface area contributed by atoms with E-state index in [1.165, 1.54) is 40.7 Å². The van der Waals surface area contributed by atoms with Gasteiger partial charge in [-0.2, -0.15) is 4.31 Å². The summed E-state index contributed by atoms with van der Waals surface area (Å²) in [6.07, 6.45) is 0. The molecular weight excluding hydrogens is 357 g/mol. The molecule has 140 valence electrons. The molecule has 0 spiro atoms. The summed E-state index contributed by atoms with van der Waals surface area (Å²) in [5.41, 5.74) is 0.858. The highest BCUT2D eigenvalue weighted by molar-refractivity contribution is 7.89. The van der Waals surface area contributed by atoms with Crippen molar-refractivity contribution in [3.63, 3.8) is 0 Å². The van der Waals surface area contributed by atoms with E-state index in [1.54, 1.807) is 32.9 Å². The van der Waals surface area contributed by atoms with Crippen LogP contribution in [0.25, 0.3) is 0 Å². The molecule has 1 unspecified atom stereocenters. The maximum Gasteiger partial charge on any atom is 0.338 e. The zero-order chi connectivity index (χ0) is 19.3. The maximum atomic E-state index is 13.1. The van der Waals surface area contributed by atoms with Crippen LogP contribution in [0.2, 0.25) is 0 Å². The lowest BCUT2D eigenvalue weighted by atomic mass is 10.1. The summed E-state index contributed by atoms with van der Waals surface area (Å²) in [7, 11) is -3.85. The van der Waals surface area contributed by atoms with E-state index < -0.39 is 22.0 Å². The highest BCUT2D eigenvalue weighted by Crippen LogP contribution is 2.27. The largest absolute Gasteiger partial charge is 0.462 e. The van der Waals surface area contributed by atoms with Crippen LogP contribution in [0.4, 0.5) is 4.39 Å². The summed E-state index contributed by atoms with van der Waals surface area (Å²) in [6.45, 7) is 5.58. The third-order valence-electron chi connectivity index (χ3n) is 4.05. The van der Waals surface area contributed by atoms with Gasteiger partial charge >= 0.3 is 5.97 Å². The van der Waals surface area contributed by atoms with Gasteiger partial charge in [-0.15, -0.1) is 0 Å². The Morgan fingerprint density at radius 3 is 2.38 bits per heavy atom. The molecule has 0 aromatic heterocycles. The van der Waals surface area contributed by atoms with Crippen LogP contribution in [0.15, 0.2) is 53.4 Å². The Labute approximate surface area is 153 Å². The highest BCUT2D eigenvalue weighted by atomic mass is 32.2. The predicted molar refractivity (Wildman–Crippen MR) is 96.8 cm³/mol. The van der Waals surface area contributed by atoms with Crippen LogP contribution >= 0.6 is 0 Å². The molecule has 0 aliphatic heterocycles. The maximum absolute atomic E-state index is 13.1. The molecule has 26 heavy (non-hydrogen) atoms. The lowest BCUT2D eigenvalue weighted by Crippen LogP contribution is -2.33. The van der Waals surface area contributed by atoms with E-state index >= 15 is 0 Å². The van der Waals surface area contributed by atoms with Crippen molar-refractivity contribution in [1.29, 1.82) is 0 Å². The van der Waals surface area contributed by atoms with Crippen LogP contribution in [0.3, 0.4) is 0 Å². The summed E-state index contributed by atoms with van der Waals surface area (Å²) in [5.74, 6) is -0.951. The van der Waals surface area contributed by atoms with E-state index in [9.17, 15) is 17.6 Å². The highest BCUT2D eigenvalue weighted by Gasteiger charge is 2.29. The van der Waals surface area contributed by atoms with Crippen molar-refractivity contribution in [2.45, 2.75) is 31.7 Å². The predicted octanol–water partition coefficient (Wildman–Crippen LogP) is 3.77. The molecule has 2 rings (SSSR count). The lowest BCUT2D eigenvalue weighted by molar-refractivity contribution is 0.0526. The fraction of sp³-hybridized carbons (Fsp3) is 0.316. The van der Waals surface area contributed by atoms with E-state index in [4.69, 9.17) is 4.74 Å². The van der Waals surface area contributed by atoms with E-state index in [0.29, 0.717) is 5.56 Å². The van der Waals surface area contributed by atoms with Crippen LogP contribution in [-0.2, 0) is 14.8 Å². The van der Waals surface area contributed by atoms with Gasteiger partial charge in [-0.3, -0.25) is 0 Å². The third kappa shape index (κ3) is 4.28. The fourth-order valence-electron chi connectivity index (χ4n) is 2.69. The van der Waals surface area contributed by atoms with Gasteiger partial charge in [-0.25, -0.2) is 17.6 Å². The number of ether oxygens (including phenoxy) is 1. The molecule has 0 saturated heterocycles. The number of halogens is 1. The fourth-order valence-corrected chi connectivity index (χ4v) is 4.37. The molecule has 5 nitrogen and oxygen atoms in total. The zero-order valence-electron chi connectivity index (χ0n) is 15.0. The zero-order valence-corrected chi connectivity index (χ0v) is 15.8. The van der Waals surface area contributed by atoms with Crippen LogP contribution in [0.5, 0.6) is 0 Å². The second-order valence-corrected chi connectivity index (χ2v) is 7.57. The van der Waals surface area contributed by atoms with Crippen molar-refractivity contribution >= 4 is 16.0 Å². The number of hydrogen-bond acceptors (Lipinski definition) is 4. The molecule has 0 amide bonds. The molecule has 0 saturated carbocycles. The van der Waals surface area contributed by atoms with E-state index in [-0.39, 0.29) is 29.4 Å². The first-order chi connectivity index (χ1) is 12.3. The molecule has 2 aromatic carbocycles. The van der Waals surface area contributed by atoms with E-state index in [0.717, 1.165) is 0 Å². The number of esters is 1. The Kier molecular flexibility index (Phi) is 6.50. The molecule has 0 aliphatic carbocycles. The molecule has 0 bridgehead atoms. The molecule has 2 aromatic rings. The normalized spacial score (nSPS) is 12.8. The third-order valence-corrected chi connectivity index (χ3v) is 6.09. The summed E-state index contributed by atoms with van der Waals surface area (Å²) in [5, 5.41) is 0. The smallest absolute Gasteiger partial charge is 0.338 e. The molecule has 7 heteroatoms. The lowest BCUT2D eigenvalue weighted by Gasteiger charge is -2.27. The van der Waals surface area contributed by atoms with Crippen molar-refractivity contribution < 1.29 is 22.3 Å². The second-order valence-electron chi connectivity index (χ2n) is 5.68. The monoisotopic (exact) mass is 379 g/mol. The first kappa shape index (κ1) is 20.1.